The van der Waals surface area contributed by atoms with Crippen LogP contribution in [-0.2, 0) is 4.79 Å². The molecule has 2 aromatic carbocycles. The van der Waals surface area contributed by atoms with Crippen LogP contribution in [0.5, 0.6) is 11.5 Å². The lowest BCUT2D eigenvalue weighted by atomic mass is 10.1. The number of hydrazine groups is 1. The molecule has 1 atom stereocenters. The SMILES string of the molecule is CCOc1cc(/C=C2/SC(=S)N(NC(=O)c3ccccc3)C2=O)ccc1O[C@@H](C)CC. The number of nitrogens with zero attached hydrogens (tertiary/aromatic N) is 1. The van der Waals surface area contributed by atoms with Gasteiger partial charge in [-0.1, -0.05) is 43.0 Å². The summed E-state index contributed by atoms with van der Waals surface area (Å²) in [6.07, 6.45) is 2.67. The van der Waals surface area contributed by atoms with Gasteiger partial charge in [0.05, 0.1) is 17.6 Å². The molecule has 0 aromatic heterocycles. The van der Waals surface area contributed by atoms with E-state index in [4.69, 9.17) is 21.7 Å². The van der Waals surface area contributed by atoms with Gasteiger partial charge in [-0.05, 0) is 68.4 Å². The molecule has 31 heavy (non-hydrogen) atoms. The zero-order valence-corrected chi connectivity index (χ0v) is 19.2. The molecule has 3 rings (SSSR count). The standard InChI is InChI=1S/C23H24N2O4S2/c1-4-15(3)29-18-12-11-16(13-19(18)28-5-2)14-20-22(27)25(23(30)31-20)24-21(26)17-9-7-6-8-10-17/h6-15H,4-5H2,1-3H3,(H,24,26)/b20-14+/t15-/m0/s1. The third-order valence-corrected chi connectivity index (χ3v) is 5.81. The van der Waals surface area contributed by atoms with Gasteiger partial charge < -0.3 is 9.47 Å². The molecule has 1 aliphatic rings. The van der Waals surface area contributed by atoms with Crippen molar-refractivity contribution in [1.82, 2.24) is 10.4 Å². The van der Waals surface area contributed by atoms with E-state index in [0.717, 1.165) is 28.8 Å². The van der Waals surface area contributed by atoms with Crippen LogP contribution in [0.1, 0.15) is 43.1 Å². The monoisotopic (exact) mass is 456 g/mol. The molecule has 0 unspecified atom stereocenters. The molecule has 1 aliphatic heterocycles. The lowest BCUT2D eigenvalue weighted by Crippen LogP contribution is -2.44. The third kappa shape index (κ3) is 5.65. The van der Waals surface area contributed by atoms with E-state index >= 15 is 0 Å². The van der Waals surface area contributed by atoms with Crippen molar-refractivity contribution >= 4 is 46.2 Å². The largest absolute Gasteiger partial charge is 0.490 e. The van der Waals surface area contributed by atoms with Gasteiger partial charge in [0, 0.05) is 5.56 Å². The molecule has 0 radical (unpaired) electrons. The van der Waals surface area contributed by atoms with Crippen LogP contribution >= 0.6 is 24.0 Å². The number of thiocarbonyl (C=S) groups is 1. The Labute approximate surface area is 191 Å². The number of hydrogen-bond acceptors (Lipinski definition) is 6. The highest BCUT2D eigenvalue weighted by Crippen LogP contribution is 2.34. The van der Waals surface area contributed by atoms with E-state index in [1.165, 1.54) is 0 Å². The highest BCUT2D eigenvalue weighted by molar-refractivity contribution is 8.26. The van der Waals surface area contributed by atoms with Crippen molar-refractivity contribution in [2.24, 2.45) is 0 Å². The van der Waals surface area contributed by atoms with E-state index in [1.807, 2.05) is 38.1 Å². The fraction of sp³-hybridized carbons (Fsp3) is 0.261. The number of carbonyl (C=O) groups is 2. The summed E-state index contributed by atoms with van der Waals surface area (Å²) in [5, 5.41) is 1.10. The van der Waals surface area contributed by atoms with E-state index < -0.39 is 5.91 Å². The Bertz CT molecular complexity index is 1010. The Kier molecular flexibility index (Phi) is 7.70. The second-order valence-corrected chi connectivity index (χ2v) is 8.48. The number of ether oxygens (including phenoxy) is 2. The lowest BCUT2D eigenvalue weighted by Gasteiger charge is -2.16. The smallest absolute Gasteiger partial charge is 0.285 e. The first kappa shape index (κ1) is 22.8. The first-order chi connectivity index (χ1) is 14.9. The van der Waals surface area contributed by atoms with Crippen LogP contribution in [0.15, 0.2) is 53.4 Å². The fourth-order valence-corrected chi connectivity index (χ4v) is 3.93. The average molecular weight is 457 g/mol. The summed E-state index contributed by atoms with van der Waals surface area (Å²) in [7, 11) is 0. The maximum absolute atomic E-state index is 12.8. The Morgan fingerprint density at radius 1 is 1.19 bits per heavy atom. The number of benzene rings is 2. The predicted molar refractivity (Wildman–Crippen MR) is 127 cm³/mol. The third-order valence-electron chi connectivity index (χ3n) is 4.51. The molecule has 1 fully saturated rings. The van der Waals surface area contributed by atoms with Crippen molar-refractivity contribution in [3.05, 3.63) is 64.6 Å². The highest BCUT2D eigenvalue weighted by Gasteiger charge is 2.33. The second-order valence-electron chi connectivity index (χ2n) is 6.80. The van der Waals surface area contributed by atoms with E-state index in [-0.39, 0.29) is 16.3 Å². The molecule has 1 saturated heterocycles. The van der Waals surface area contributed by atoms with Crippen LogP contribution in [-0.4, -0.2) is 33.9 Å². The summed E-state index contributed by atoms with van der Waals surface area (Å²) in [6, 6.07) is 14.2. The molecule has 2 amide bonds. The average Bonchev–Trinajstić information content (AvgIpc) is 3.03. The van der Waals surface area contributed by atoms with E-state index in [2.05, 4.69) is 12.3 Å². The quantitative estimate of drug-likeness (QED) is 0.454. The number of rotatable bonds is 8. The molecule has 0 bridgehead atoms. The minimum atomic E-state index is -0.400. The van der Waals surface area contributed by atoms with Gasteiger partial charge in [0.15, 0.2) is 15.8 Å². The minimum Gasteiger partial charge on any atom is -0.490 e. The molecule has 2 aromatic rings. The van der Waals surface area contributed by atoms with Crippen molar-refractivity contribution in [3.63, 3.8) is 0 Å². The Hall–Kier alpha value is -2.84. The summed E-state index contributed by atoms with van der Waals surface area (Å²) in [6.45, 7) is 6.45. The number of carbonyl (C=O) groups excluding carboxylic acids is 2. The van der Waals surface area contributed by atoms with Gasteiger partial charge in [-0.2, -0.15) is 5.01 Å². The molecule has 8 heteroatoms. The number of hydrogen-bond donors (Lipinski definition) is 1. The number of amides is 2. The van der Waals surface area contributed by atoms with E-state index in [1.54, 1.807) is 30.3 Å². The van der Waals surface area contributed by atoms with Gasteiger partial charge in [-0.25, -0.2) is 0 Å². The fourth-order valence-electron chi connectivity index (χ4n) is 2.75. The summed E-state index contributed by atoms with van der Waals surface area (Å²) in [5.74, 6) is 0.501. The van der Waals surface area contributed by atoms with Gasteiger partial charge in [0.2, 0.25) is 0 Å². The zero-order valence-electron chi connectivity index (χ0n) is 17.6. The predicted octanol–water partition coefficient (Wildman–Crippen LogP) is 4.81. The molecule has 162 valence electrons. The normalized spacial score (nSPS) is 15.8. The van der Waals surface area contributed by atoms with Crippen molar-refractivity contribution in [3.8, 4) is 11.5 Å². The van der Waals surface area contributed by atoms with Crippen LogP contribution in [0.3, 0.4) is 0 Å². The topological polar surface area (TPSA) is 67.9 Å². The number of thioether (sulfide) groups is 1. The zero-order chi connectivity index (χ0) is 22.4. The summed E-state index contributed by atoms with van der Waals surface area (Å²) >= 11 is 6.43. The van der Waals surface area contributed by atoms with Crippen LogP contribution in [0.25, 0.3) is 6.08 Å². The summed E-state index contributed by atoms with van der Waals surface area (Å²) in [5.41, 5.74) is 3.79. The van der Waals surface area contributed by atoms with Gasteiger partial charge in [-0.3, -0.25) is 15.0 Å². The van der Waals surface area contributed by atoms with E-state index in [9.17, 15) is 9.59 Å². The molecule has 0 saturated carbocycles. The minimum absolute atomic E-state index is 0.0644. The lowest BCUT2D eigenvalue weighted by molar-refractivity contribution is -0.123. The molecule has 0 spiro atoms. The van der Waals surface area contributed by atoms with Crippen LogP contribution in [0.2, 0.25) is 0 Å². The van der Waals surface area contributed by atoms with Crippen molar-refractivity contribution in [1.29, 1.82) is 0 Å². The molecule has 6 nitrogen and oxygen atoms in total. The van der Waals surface area contributed by atoms with Crippen molar-refractivity contribution < 1.29 is 19.1 Å². The van der Waals surface area contributed by atoms with Gasteiger partial charge in [0.25, 0.3) is 11.8 Å². The number of nitrogens with one attached hydrogen (secondary N) is 1. The molecular weight excluding hydrogens is 432 g/mol. The van der Waals surface area contributed by atoms with Crippen LogP contribution < -0.4 is 14.9 Å². The van der Waals surface area contributed by atoms with E-state index in [0.29, 0.717) is 28.6 Å². The molecular formula is C23H24N2O4S2. The second kappa shape index (κ2) is 10.5. The maximum atomic E-state index is 12.8. The van der Waals surface area contributed by atoms with Crippen LogP contribution in [0, 0.1) is 0 Å². The Balaban J connectivity index is 1.78. The van der Waals surface area contributed by atoms with Gasteiger partial charge in [0.1, 0.15) is 0 Å². The molecule has 1 heterocycles. The van der Waals surface area contributed by atoms with Gasteiger partial charge in [-0.15, -0.1) is 0 Å². The first-order valence-corrected chi connectivity index (χ1v) is 11.2. The van der Waals surface area contributed by atoms with Crippen LogP contribution in [0.4, 0.5) is 0 Å². The summed E-state index contributed by atoms with van der Waals surface area (Å²) in [4.78, 5) is 25.6. The molecule has 1 N–H and O–H groups in total. The van der Waals surface area contributed by atoms with Crippen molar-refractivity contribution in [2.45, 2.75) is 33.3 Å². The Morgan fingerprint density at radius 2 is 1.94 bits per heavy atom. The molecule has 0 aliphatic carbocycles. The van der Waals surface area contributed by atoms with Gasteiger partial charge >= 0.3 is 0 Å². The summed E-state index contributed by atoms with van der Waals surface area (Å²) < 4.78 is 11.9. The van der Waals surface area contributed by atoms with Crippen molar-refractivity contribution in [2.75, 3.05) is 6.61 Å². The highest BCUT2D eigenvalue weighted by atomic mass is 32.2. The Morgan fingerprint density at radius 3 is 2.61 bits per heavy atom. The maximum Gasteiger partial charge on any atom is 0.285 e. The first-order valence-electron chi connectivity index (χ1n) is 10.00.